The summed E-state index contributed by atoms with van der Waals surface area (Å²) >= 11 is 0. The van der Waals surface area contributed by atoms with Gasteiger partial charge in [-0.2, -0.15) is 10.1 Å². The molecule has 1 unspecified atom stereocenters. The standard InChI is InChI=1S/C42H45N11O4/c1-24-6-5-7-25(2)36(24)46-37-33-19-43-42(47-38(33)49(4)48-37)44-28-8-10-29(11-9-28)52-17-16-50(20-26(52)3)21-27-22-51(23-27)30-12-13-31-32(18-30)41(57)53(40(31)56)34-14-15-35(54)45-39(34)55/h5-13,18-19,26-27,34H,14-17,20-23H2,1-4H3,(H,46,48)(H,43,44,47)(H,45,54,55)/t26-,34?/m0/s1. The van der Waals surface area contributed by atoms with Gasteiger partial charge in [-0.15, -0.1) is 0 Å². The molecular formula is C42H45N11O4. The molecule has 0 bridgehead atoms. The topological polar surface area (TPSA) is 161 Å². The van der Waals surface area contributed by atoms with Gasteiger partial charge in [-0.25, -0.2) is 9.67 Å². The molecule has 9 rings (SSSR count). The third kappa shape index (κ3) is 6.71. The predicted octanol–water partition coefficient (Wildman–Crippen LogP) is 4.52. The van der Waals surface area contributed by atoms with Crippen molar-refractivity contribution in [1.29, 1.82) is 0 Å². The van der Waals surface area contributed by atoms with Crippen molar-refractivity contribution in [1.82, 2.24) is 34.9 Å². The number of para-hydroxylation sites is 1. The highest BCUT2D eigenvalue weighted by Crippen LogP contribution is 2.34. The number of amides is 4. The van der Waals surface area contributed by atoms with Gasteiger partial charge in [0.05, 0.1) is 16.5 Å². The van der Waals surface area contributed by atoms with E-state index in [1.165, 1.54) is 5.69 Å². The largest absolute Gasteiger partial charge is 0.371 e. The van der Waals surface area contributed by atoms with Crippen LogP contribution in [0.2, 0.25) is 0 Å². The van der Waals surface area contributed by atoms with Crippen LogP contribution in [0.4, 0.5) is 34.5 Å². The molecule has 292 valence electrons. The maximum atomic E-state index is 13.3. The molecule has 4 aliphatic rings. The summed E-state index contributed by atoms with van der Waals surface area (Å²) in [5.74, 6) is -0.228. The summed E-state index contributed by atoms with van der Waals surface area (Å²) in [7, 11) is 1.89. The Hall–Kier alpha value is -6.35. The average molecular weight is 768 g/mol. The van der Waals surface area contributed by atoms with Crippen LogP contribution >= 0.6 is 0 Å². The lowest BCUT2D eigenvalue weighted by Crippen LogP contribution is -2.57. The number of benzene rings is 3. The Morgan fingerprint density at radius 1 is 0.860 bits per heavy atom. The van der Waals surface area contributed by atoms with Crippen molar-refractivity contribution in [2.24, 2.45) is 13.0 Å². The van der Waals surface area contributed by atoms with Crippen LogP contribution in [0, 0.1) is 19.8 Å². The van der Waals surface area contributed by atoms with E-state index in [-0.39, 0.29) is 18.7 Å². The van der Waals surface area contributed by atoms with Crippen molar-refractivity contribution in [3.8, 4) is 0 Å². The Morgan fingerprint density at radius 3 is 2.33 bits per heavy atom. The van der Waals surface area contributed by atoms with Gasteiger partial charge in [0.15, 0.2) is 11.5 Å². The molecule has 15 nitrogen and oxygen atoms in total. The lowest BCUT2D eigenvalue weighted by molar-refractivity contribution is -0.136. The Labute approximate surface area is 330 Å². The van der Waals surface area contributed by atoms with Gasteiger partial charge in [-0.1, -0.05) is 18.2 Å². The molecule has 4 aliphatic heterocycles. The van der Waals surface area contributed by atoms with Crippen molar-refractivity contribution in [3.63, 3.8) is 0 Å². The zero-order valence-electron chi connectivity index (χ0n) is 32.5. The van der Waals surface area contributed by atoms with Crippen LogP contribution in [0.1, 0.15) is 51.6 Å². The molecule has 2 aromatic heterocycles. The van der Waals surface area contributed by atoms with E-state index >= 15 is 0 Å². The van der Waals surface area contributed by atoms with Crippen molar-refractivity contribution in [3.05, 3.63) is 89.1 Å². The van der Waals surface area contributed by atoms with Crippen LogP contribution in [-0.2, 0) is 16.6 Å². The molecule has 0 spiro atoms. The first kappa shape index (κ1) is 36.3. The maximum Gasteiger partial charge on any atom is 0.262 e. The van der Waals surface area contributed by atoms with Crippen LogP contribution in [0.25, 0.3) is 11.0 Å². The number of carbonyl (C=O) groups excluding carboxylic acids is 4. The highest BCUT2D eigenvalue weighted by atomic mass is 16.2. The molecule has 3 fully saturated rings. The van der Waals surface area contributed by atoms with E-state index in [9.17, 15) is 19.2 Å². The van der Waals surface area contributed by atoms with E-state index < -0.39 is 23.8 Å². The Bertz CT molecular complexity index is 2420. The van der Waals surface area contributed by atoms with Gasteiger partial charge in [0.1, 0.15) is 6.04 Å². The number of imide groups is 2. The first-order valence-electron chi connectivity index (χ1n) is 19.5. The summed E-state index contributed by atoms with van der Waals surface area (Å²) in [5, 5.41) is 14.6. The van der Waals surface area contributed by atoms with Gasteiger partial charge in [-0.3, -0.25) is 34.3 Å². The number of aromatic nitrogens is 4. The SMILES string of the molecule is Cc1cccc(C)c1Nc1nn(C)c2nc(Nc3ccc(N4CCN(CC5CN(c6ccc7c(c6)C(=O)N(C6CCC(=O)NC6=O)C7=O)C5)C[C@@H]4C)cc3)ncc12. The van der Waals surface area contributed by atoms with Crippen LogP contribution < -0.4 is 25.8 Å². The average Bonchev–Trinajstić information content (AvgIpc) is 3.62. The molecule has 0 radical (unpaired) electrons. The molecule has 3 N–H and O–H groups in total. The van der Waals surface area contributed by atoms with Gasteiger partial charge in [0.25, 0.3) is 11.8 Å². The Morgan fingerprint density at radius 2 is 1.60 bits per heavy atom. The molecule has 3 saturated heterocycles. The molecule has 0 saturated carbocycles. The van der Waals surface area contributed by atoms with Crippen molar-refractivity contribution < 1.29 is 19.2 Å². The molecule has 15 heteroatoms. The quantitative estimate of drug-likeness (QED) is 0.180. The van der Waals surface area contributed by atoms with Crippen LogP contribution in [0.3, 0.4) is 0 Å². The normalized spacial score (nSPS) is 20.2. The van der Waals surface area contributed by atoms with Gasteiger partial charge >= 0.3 is 0 Å². The molecular weight excluding hydrogens is 723 g/mol. The molecule has 2 atom stereocenters. The second-order valence-electron chi connectivity index (χ2n) is 15.7. The monoisotopic (exact) mass is 767 g/mol. The van der Waals surface area contributed by atoms with Crippen LogP contribution in [0.5, 0.6) is 0 Å². The van der Waals surface area contributed by atoms with Gasteiger partial charge in [0.2, 0.25) is 17.8 Å². The fourth-order valence-electron chi connectivity index (χ4n) is 8.69. The van der Waals surface area contributed by atoms with E-state index in [0.717, 1.165) is 89.2 Å². The number of nitrogens with zero attached hydrogens (tertiary/aromatic N) is 8. The summed E-state index contributed by atoms with van der Waals surface area (Å²) in [4.78, 5) is 68.1. The molecule has 5 aromatic rings. The second kappa shape index (κ2) is 14.3. The minimum absolute atomic E-state index is 0.0978. The number of carbonyl (C=O) groups is 4. The minimum Gasteiger partial charge on any atom is -0.371 e. The number of anilines is 6. The Kier molecular flexibility index (Phi) is 9.11. The van der Waals surface area contributed by atoms with E-state index in [1.807, 2.05) is 25.4 Å². The molecule has 4 amide bonds. The first-order chi connectivity index (χ1) is 27.5. The van der Waals surface area contributed by atoms with Gasteiger partial charge in [-0.05, 0) is 80.8 Å². The summed E-state index contributed by atoms with van der Waals surface area (Å²) in [6, 6.07) is 19.3. The maximum absolute atomic E-state index is 13.3. The highest BCUT2D eigenvalue weighted by Gasteiger charge is 2.45. The number of piperidine rings is 1. The third-order valence-corrected chi connectivity index (χ3v) is 11.7. The zero-order chi connectivity index (χ0) is 39.5. The fraction of sp³-hybridized carbons (Fsp3) is 0.357. The lowest BCUT2D eigenvalue weighted by atomic mass is 9.96. The zero-order valence-corrected chi connectivity index (χ0v) is 32.5. The fourth-order valence-corrected chi connectivity index (χ4v) is 8.69. The van der Waals surface area contributed by atoms with Crippen LogP contribution in [0.15, 0.2) is 66.9 Å². The predicted molar refractivity (Wildman–Crippen MR) is 217 cm³/mol. The smallest absolute Gasteiger partial charge is 0.262 e. The number of piperazine rings is 1. The summed E-state index contributed by atoms with van der Waals surface area (Å²) in [6.07, 6.45) is 2.05. The number of nitrogens with one attached hydrogen (secondary N) is 3. The number of fused-ring (bicyclic) bond motifs is 2. The molecule has 3 aromatic carbocycles. The van der Waals surface area contributed by atoms with E-state index in [2.05, 4.69) is 92.8 Å². The number of hydrogen-bond donors (Lipinski definition) is 3. The summed E-state index contributed by atoms with van der Waals surface area (Å²) < 4.78 is 1.77. The van der Waals surface area contributed by atoms with Crippen molar-refractivity contribution in [2.45, 2.75) is 45.7 Å². The molecule has 0 aliphatic carbocycles. The van der Waals surface area contributed by atoms with E-state index in [4.69, 9.17) is 10.1 Å². The molecule has 6 heterocycles. The number of rotatable bonds is 9. The van der Waals surface area contributed by atoms with E-state index in [0.29, 0.717) is 29.0 Å². The van der Waals surface area contributed by atoms with Crippen molar-refractivity contribution >= 4 is 69.2 Å². The van der Waals surface area contributed by atoms with Gasteiger partial charge < -0.3 is 20.4 Å². The summed E-state index contributed by atoms with van der Waals surface area (Å²) in [5.41, 5.74) is 7.66. The van der Waals surface area contributed by atoms with Crippen molar-refractivity contribution in [2.75, 3.05) is 59.7 Å². The minimum atomic E-state index is -0.965. The summed E-state index contributed by atoms with van der Waals surface area (Å²) in [6.45, 7) is 12.0. The van der Waals surface area contributed by atoms with Gasteiger partial charge in [0, 0.05) is 93.6 Å². The van der Waals surface area contributed by atoms with Crippen LogP contribution in [-0.4, -0.2) is 105 Å². The highest BCUT2D eigenvalue weighted by molar-refractivity contribution is 6.23. The first-order valence-corrected chi connectivity index (χ1v) is 19.5. The number of hydrogen-bond acceptors (Lipinski definition) is 12. The molecule has 57 heavy (non-hydrogen) atoms. The van der Waals surface area contributed by atoms with E-state index in [1.54, 1.807) is 16.8 Å². The second-order valence-corrected chi connectivity index (χ2v) is 15.7. The lowest BCUT2D eigenvalue weighted by Gasteiger charge is -2.46. The third-order valence-electron chi connectivity index (χ3n) is 11.7. The Balaban J connectivity index is 0.769. The number of aryl methyl sites for hydroxylation is 3.